The summed E-state index contributed by atoms with van der Waals surface area (Å²) >= 11 is 0. The Morgan fingerprint density at radius 3 is 1.45 bits per heavy atom. The van der Waals surface area contributed by atoms with Crippen LogP contribution in [0, 0.1) is 0 Å². The summed E-state index contributed by atoms with van der Waals surface area (Å²) in [6.07, 6.45) is 0. The van der Waals surface area contributed by atoms with Gasteiger partial charge in [0.15, 0.2) is 0 Å². The molecule has 0 radical (unpaired) electrons. The summed E-state index contributed by atoms with van der Waals surface area (Å²) in [4.78, 5) is 0. The van der Waals surface area contributed by atoms with Gasteiger partial charge in [-0.3, -0.25) is 0 Å². The van der Waals surface area contributed by atoms with Crippen molar-refractivity contribution in [2.45, 2.75) is 19.3 Å². The van der Waals surface area contributed by atoms with Gasteiger partial charge in [0.2, 0.25) is 0 Å². The lowest BCUT2D eigenvalue weighted by atomic mass is 9.80. The smallest absolute Gasteiger partial charge is 0.0547 e. The third-order valence-electron chi connectivity index (χ3n) is 11.7. The van der Waals surface area contributed by atoms with Crippen LogP contribution < -0.4 is 0 Å². The van der Waals surface area contributed by atoms with E-state index in [2.05, 4.69) is 205 Å². The molecule has 2 heteroatoms. The number of hydrogen-bond acceptors (Lipinski definition) is 0. The van der Waals surface area contributed by atoms with Gasteiger partial charge in [-0.05, 0) is 105 Å². The Hall–Kier alpha value is -6.64. The number of hydrogen-bond donors (Lipinski definition) is 0. The van der Waals surface area contributed by atoms with Crippen molar-refractivity contribution >= 4 is 43.6 Å². The van der Waals surface area contributed by atoms with Gasteiger partial charge in [0.25, 0.3) is 0 Å². The second kappa shape index (κ2) is 11.2. The Morgan fingerprint density at radius 1 is 0.340 bits per heavy atom. The molecule has 0 bridgehead atoms. The summed E-state index contributed by atoms with van der Waals surface area (Å²) in [5, 5.41) is 5.07. The normalized spacial score (nSPS) is 13.2. The van der Waals surface area contributed by atoms with Gasteiger partial charge >= 0.3 is 0 Å². The number of aromatic nitrogens is 2. The van der Waals surface area contributed by atoms with Crippen LogP contribution in [0.3, 0.4) is 0 Å². The molecular formula is C51H36N2. The first kappa shape index (κ1) is 30.0. The van der Waals surface area contributed by atoms with Crippen LogP contribution in [0.4, 0.5) is 0 Å². The maximum Gasteiger partial charge on any atom is 0.0547 e. The van der Waals surface area contributed by atoms with Crippen LogP contribution in [-0.2, 0) is 5.41 Å². The van der Waals surface area contributed by atoms with Crippen LogP contribution in [0.1, 0.15) is 25.0 Å². The molecule has 0 saturated carbocycles. The van der Waals surface area contributed by atoms with Gasteiger partial charge in [0.05, 0.1) is 22.1 Å². The summed E-state index contributed by atoms with van der Waals surface area (Å²) in [7, 11) is 0. The molecule has 2 heterocycles. The zero-order valence-corrected chi connectivity index (χ0v) is 29.7. The van der Waals surface area contributed by atoms with E-state index in [0.29, 0.717) is 0 Å². The van der Waals surface area contributed by atoms with Crippen LogP contribution in [0.15, 0.2) is 182 Å². The van der Waals surface area contributed by atoms with Crippen molar-refractivity contribution in [3.63, 3.8) is 0 Å². The molecule has 2 nitrogen and oxygen atoms in total. The molecule has 10 aromatic rings. The van der Waals surface area contributed by atoms with Gasteiger partial charge < -0.3 is 9.13 Å². The summed E-state index contributed by atoms with van der Waals surface area (Å²) in [5.41, 5.74) is 17.4. The van der Waals surface area contributed by atoms with Crippen LogP contribution in [-0.4, -0.2) is 9.13 Å². The fourth-order valence-corrected chi connectivity index (χ4v) is 9.21. The van der Waals surface area contributed by atoms with E-state index in [-0.39, 0.29) is 5.41 Å². The quantitative estimate of drug-likeness (QED) is 0.176. The fourth-order valence-electron chi connectivity index (χ4n) is 9.21. The van der Waals surface area contributed by atoms with Crippen molar-refractivity contribution in [2.75, 3.05) is 0 Å². The molecule has 53 heavy (non-hydrogen) atoms. The van der Waals surface area contributed by atoms with Gasteiger partial charge in [-0.2, -0.15) is 0 Å². The second-order valence-corrected chi connectivity index (χ2v) is 15.0. The topological polar surface area (TPSA) is 9.86 Å². The molecule has 0 unspecified atom stereocenters. The first-order valence-electron chi connectivity index (χ1n) is 18.5. The van der Waals surface area contributed by atoms with Gasteiger partial charge in [0, 0.05) is 38.3 Å². The molecule has 0 N–H and O–H groups in total. The standard InChI is InChI=1S/C51H36N2/c1-51(2)44-22-12-9-21-42(44)50-43(34-26-28-41-39-20-11-14-24-47(39)53(49(41)32-34)37-17-7-4-8-18-37)29-35(30-45(50)51)33-25-27-40-38-19-10-13-23-46(38)52(48(40)31-33)36-15-5-3-6-16-36/h3-32H,1-2H3. The molecule has 1 aliphatic rings. The summed E-state index contributed by atoms with van der Waals surface area (Å²) in [5.74, 6) is 0. The average molecular weight is 677 g/mol. The molecule has 250 valence electrons. The largest absolute Gasteiger partial charge is 0.309 e. The second-order valence-electron chi connectivity index (χ2n) is 15.0. The maximum absolute atomic E-state index is 2.47. The van der Waals surface area contributed by atoms with E-state index in [9.17, 15) is 0 Å². The van der Waals surface area contributed by atoms with Crippen molar-refractivity contribution in [1.82, 2.24) is 9.13 Å². The Kier molecular flexibility index (Phi) is 6.33. The van der Waals surface area contributed by atoms with Gasteiger partial charge in [0.1, 0.15) is 0 Å². The SMILES string of the molecule is CC1(C)c2ccccc2-c2c(-c3ccc4c5ccccc5n(-c5ccccc5)c4c3)cc(-c3ccc4c5ccccc5n(-c5ccccc5)c4c3)cc21. The zero-order valence-electron chi connectivity index (χ0n) is 29.7. The van der Waals surface area contributed by atoms with Crippen LogP contribution >= 0.6 is 0 Å². The van der Waals surface area contributed by atoms with E-state index in [1.807, 2.05) is 0 Å². The van der Waals surface area contributed by atoms with Crippen molar-refractivity contribution in [3.05, 3.63) is 193 Å². The lowest BCUT2D eigenvalue weighted by Crippen LogP contribution is -2.15. The van der Waals surface area contributed by atoms with Crippen molar-refractivity contribution in [2.24, 2.45) is 0 Å². The molecule has 2 aromatic heterocycles. The predicted molar refractivity (Wildman–Crippen MR) is 224 cm³/mol. The Balaban J connectivity index is 1.20. The molecule has 8 aromatic carbocycles. The lowest BCUT2D eigenvalue weighted by Gasteiger charge is -2.23. The summed E-state index contributed by atoms with van der Waals surface area (Å²) in [6, 6.07) is 67.1. The number of rotatable bonds is 4. The molecule has 0 amide bonds. The molecule has 0 fully saturated rings. The fraction of sp³-hybridized carbons (Fsp3) is 0.0588. The number of fused-ring (bicyclic) bond motifs is 9. The lowest BCUT2D eigenvalue weighted by molar-refractivity contribution is 0.660. The Bertz CT molecular complexity index is 3070. The van der Waals surface area contributed by atoms with Crippen molar-refractivity contribution < 1.29 is 0 Å². The summed E-state index contributed by atoms with van der Waals surface area (Å²) < 4.78 is 4.84. The van der Waals surface area contributed by atoms with Gasteiger partial charge in [-0.25, -0.2) is 0 Å². The van der Waals surface area contributed by atoms with E-state index in [1.54, 1.807) is 0 Å². The van der Waals surface area contributed by atoms with E-state index in [4.69, 9.17) is 0 Å². The number of para-hydroxylation sites is 4. The highest BCUT2D eigenvalue weighted by molar-refractivity contribution is 6.12. The van der Waals surface area contributed by atoms with Crippen LogP contribution in [0.25, 0.3) is 88.4 Å². The molecule has 0 spiro atoms. The highest BCUT2D eigenvalue weighted by atomic mass is 15.0. The molecule has 1 aliphatic carbocycles. The zero-order chi connectivity index (χ0) is 35.3. The van der Waals surface area contributed by atoms with Gasteiger partial charge in [-0.15, -0.1) is 0 Å². The number of nitrogens with zero attached hydrogens (tertiary/aromatic N) is 2. The first-order valence-corrected chi connectivity index (χ1v) is 18.5. The highest BCUT2D eigenvalue weighted by Crippen LogP contribution is 2.54. The molecular weight excluding hydrogens is 641 g/mol. The Morgan fingerprint density at radius 2 is 0.830 bits per heavy atom. The van der Waals surface area contributed by atoms with E-state index in [0.717, 1.165) is 0 Å². The van der Waals surface area contributed by atoms with E-state index >= 15 is 0 Å². The van der Waals surface area contributed by atoms with E-state index < -0.39 is 0 Å². The van der Waals surface area contributed by atoms with E-state index in [1.165, 1.54) is 99.5 Å². The highest BCUT2D eigenvalue weighted by Gasteiger charge is 2.37. The maximum atomic E-state index is 2.47. The molecule has 11 rings (SSSR count). The van der Waals surface area contributed by atoms with Crippen LogP contribution in [0.5, 0.6) is 0 Å². The minimum Gasteiger partial charge on any atom is -0.309 e. The van der Waals surface area contributed by atoms with Crippen molar-refractivity contribution in [1.29, 1.82) is 0 Å². The Labute approximate surface area is 308 Å². The average Bonchev–Trinajstić information content (AvgIpc) is 3.81. The number of benzene rings is 8. The van der Waals surface area contributed by atoms with Gasteiger partial charge in [-0.1, -0.05) is 135 Å². The minimum atomic E-state index is -0.150. The van der Waals surface area contributed by atoms with Crippen LogP contribution in [0.2, 0.25) is 0 Å². The molecule has 0 saturated heterocycles. The third kappa shape index (κ3) is 4.33. The molecule has 0 aliphatic heterocycles. The monoisotopic (exact) mass is 676 g/mol. The molecule has 0 atom stereocenters. The predicted octanol–water partition coefficient (Wildman–Crippen LogP) is 13.5. The summed E-state index contributed by atoms with van der Waals surface area (Å²) in [6.45, 7) is 4.77. The third-order valence-corrected chi connectivity index (χ3v) is 11.7. The van der Waals surface area contributed by atoms with Crippen molar-refractivity contribution in [3.8, 4) is 44.8 Å². The minimum absolute atomic E-state index is 0.150. The first-order chi connectivity index (χ1) is 26.1.